The lowest BCUT2D eigenvalue weighted by Crippen LogP contribution is -2.24. The molecule has 2 aromatic rings. The van der Waals surface area contributed by atoms with E-state index in [1.165, 1.54) is 18.3 Å². The summed E-state index contributed by atoms with van der Waals surface area (Å²) < 4.78 is 5.44. The minimum Gasteiger partial charge on any atom is -0.502 e. The lowest BCUT2D eigenvalue weighted by atomic mass is 10.1. The van der Waals surface area contributed by atoms with Crippen LogP contribution in [-0.2, 0) is 4.79 Å². The van der Waals surface area contributed by atoms with Crippen molar-refractivity contribution in [1.29, 1.82) is 0 Å². The highest BCUT2D eigenvalue weighted by molar-refractivity contribution is 5.84. The smallest absolute Gasteiger partial charge is 0.311 e. The number of amides is 1. The van der Waals surface area contributed by atoms with Crippen LogP contribution in [-0.4, -0.2) is 28.8 Å². The Labute approximate surface area is 143 Å². The number of nitro groups is 1. The Hall–Kier alpha value is -3.42. The number of hydrogen-bond acceptors (Lipinski definition) is 6. The number of phenols is 1. The van der Waals surface area contributed by atoms with Gasteiger partial charge in [0.2, 0.25) is 0 Å². The Morgan fingerprint density at radius 2 is 2.08 bits per heavy atom. The second-order valence-corrected chi connectivity index (χ2v) is 5.36. The zero-order valence-electron chi connectivity index (χ0n) is 13.7. The van der Waals surface area contributed by atoms with Crippen LogP contribution in [0.25, 0.3) is 0 Å². The van der Waals surface area contributed by atoms with E-state index in [2.05, 4.69) is 10.5 Å². The number of rotatable bonds is 6. The van der Waals surface area contributed by atoms with E-state index in [0.29, 0.717) is 11.3 Å². The minimum atomic E-state index is -0.705. The van der Waals surface area contributed by atoms with Gasteiger partial charge in [-0.05, 0) is 43.2 Å². The molecule has 2 aromatic carbocycles. The molecular weight excluding hydrogens is 326 g/mol. The van der Waals surface area contributed by atoms with Crippen LogP contribution >= 0.6 is 0 Å². The number of hydrogen-bond donors (Lipinski definition) is 2. The molecular formula is C17H17N3O5. The van der Waals surface area contributed by atoms with Gasteiger partial charge in [0.25, 0.3) is 5.91 Å². The Bertz CT molecular complexity index is 833. The first-order chi connectivity index (χ1) is 11.9. The molecule has 0 atom stereocenters. The summed E-state index contributed by atoms with van der Waals surface area (Å²) >= 11 is 0. The molecule has 0 fully saturated rings. The van der Waals surface area contributed by atoms with Crippen LogP contribution in [0.2, 0.25) is 0 Å². The SMILES string of the molecule is Cc1ccc(C)c(OCC(=O)N/N=C\c2ccc(O)c([N+](=O)[O-])c2)c1. The van der Waals surface area contributed by atoms with Gasteiger partial charge in [-0.25, -0.2) is 5.43 Å². The van der Waals surface area contributed by atoms with Gasteiger partial charge in [0.15, 0.2) is 12.4 Å². The maximum absolute atomic E-state index is 11.7. The van der Waals surface area contributed by atoms with E-state index in [-0.39, 0.29) is 6.61 Å². The third kappa shape index (κ3) is 5.03. The largest absolute Gasteiger partial charge is 0.502 e. The molecule has 2 N–H and O–H groups in total. The lowest BCUT2D eigenvalue weighted by Gasteiger charge is -2.08. The fraction of sp³-hybridized carbons (Fsp3) is 0.176. The number of carbonyl (C=O) groups excluding carboxylic acids is 1. The third-order valence-corrected chi connectivity index (χ3v) is 3.30. The van der Waals surface area contributed by atoms with Crippen molar-refractivity contribution < 1.29 is 19.6 Å². The second kappa shape index (κ2) is 7.91. The number of hydrazone groups is 1. The highest BCUT2D eigenvalue weighted by atomic mass is 16.6. The van der Waals surface area contributed by atoms with E-state index in [9.17, 15) is 20.0 Å². The molecule has 25 heavy (non-hydrogen) atoms. The molecule has 1 amide bonds. The number of benzene rings is 2. The molecule has 0 heterocycles. The molecule has 0 radical (unpaired) electrons. The summed E-state index contributed by atoms with van der Waals surface area (Å²) in [6, 6.07) is 9.45. The predicted octanol–water partition coefficient (Wildman–Crippen LogP) is 2.45. The van der Waals surface area contributed by atoms with Crippen molar-refractivity contribution in [3.63, 3.8) is 0 Å². The van der Waals surface area contributed by atoms with Gasteiger partial charge in [0.05, 0.1) is 11.1 Å². The number of carbonyl (C=O) groups is 1. The van der Waals surface area contributed by atoms with Gasteiger partial charge in [-0.1, -0.05) is 12.1 Å². The normalized spacial score (nSPS) is 10.6. The third-order valence-electron chi connectivity index (χ3n) is 3.30. The van der Waals surface area contributed by atoms with Crippen molar-refractivity contribution in [2.45, 2.75) is 13.8 Å². The number of nitrogens with zero attached hydrogens (tertiary/aromatic N) is 2. The van der Waals surface area contributed by atoms with Gasteiger partial charge < -0.3 is 9.84 Å². The Morgan fingerprint density at radius 3 is 2.80 bits per heavy atom. The Morgan fingerprint density at radius 1 is 1.32 bits per heavy atom. The van der Waals surface area contributed by atoms with Crippen molar-refractivity contribution >= 4 is 17.8 Å². The van der Waals surface area contributed by atoms with Crippen molar-refractivity contribution in [3.05, 3.63) is 63.2 Å². The van der Waals surface area contributed by atoms with Crippen LogP contribution in [0, 0.1) is 24.0 Å². The molecule has 0 saturated carbocycles. The van der Waals surface area contributed by atoms with E-state index >= 15 is 0 Å². The molecule has 0 aromatic heterocycles. The summed E-state index contributed by atoms with van der Waals surface area (Å²) in [5, 5.41) is 23.8. The molecule has 8 nitrogen and oxygen atoms in total. The van der Waals surface area contributed by atoms with Crippen molar-refractivity contribution in [2.24, 2.45) is 5.10 Å². The summed E-state index contributed by atoms with van der Waals surface area (Å²) in [5.74, 6) is -0.285. The van der Waals surface area contributed by atoms with E-state index in [4.69, 9.17) is 4.74 Å². The van der Waals surface area contributed by atoms with Crippen molar-refractivity contribution in [1.82, 2.24) is 5.43 Å². The zero-order valence-corrected chi connectivity index (χ0v) is 13.7. The standard InChI is InChI=1S/C17H17N3O5/c1-11-3-4-12(2)16(7-11)25-10-17(22)19-18-9-13-5-6-15(21)14(8-13)20(23)24/h3-9,21H,10H2,1-2H3,(H,19,22)/b18-9-. The van der Waals surface area contributed by atoms with Crippen LogP contribution in [0.15, 0.2) is 41.5 Å². The van der Waals surface area contributed by atoms with Gasteiger partial charge in [-0.15, -0.1) is 0 Å². The number of aryl methyl sites for hydroxylation is 2. The van der Waals surface area contributed by atoms with E-state index in [0.717, 1.165) is 17.2 Å². The highest BCUT2D eigenvalue weighted by Gasteiger charge is 2.12. The molecule has 0 aliphatic heterocycles. The van der Waals surface area contributed by atoms with E-state index in [1.807, 2.05) is 32.0 Å². The van der Waals surface area contributed by atoms with Crippen LogP contribution in [0.3, 0.4) is 0 Å². The molecule has 0 aliphatic carbocycles. The molecule has 0 bridgehead atoms. The van der Waals surface area contributed by atoms with Gasteiger partial charge in [-0.3, -0.25) is 14.9 Å². The molecule has 0 aliphatic rings. The topological polar surface area (TPSA) is 114 Å². The molecule has 130 valence electrons. The monoisotopic (exact) mass is 343 g/mol. The van der Waals surface area contributed by atoms with Crippen LogP contribution in [0.5, 0.6) is 11.5 Å². The van der Waals surface area contributed by atoms with Crippen LogP contribution in [0.1, 0.15) is 16.7 Å². The predicted molar refractivity (Wildman–Crippen MR) is 91.9 cm³/mol. The van der Waals surface area contributed by atoms with Gasteiger partial charge in [-0.2, -0.15) is 5.10 Å². The molecule has 0 saturated heterocycles. The van der Waals surface area contributed by atoms with Gasteiger partial charge >= 0.3 is 5.69 Å². The first kappa shape index (κ1) is 17.9. The maximum atomic E-state index is 11.7. The van der Waals surface area contributed by atoms with Gasteiger partial charge in [0.1, 0.15) is 5.75 Å². The quantitative estimate of drug-likeness (QED) is 0.475. The Balaban J connectivity index is 1.91. The first-order valence-electron chi connectivity index (χ1n) is 7.36. The summed E-state index contributed by atoms with van der Waals surface area (Å²) in [7, 11) is 0. The maximum Gasteiger partial charge on any atom is 0.311 e. The second-order valence-electron chi connectivity index (χ2n) is 5.36. The van der Waals surface area contributed by atoms with Crippen LogP contribution in [0.4, 0.5) is 5.69 Å². The fourth-order valence-corrected chi connectivity index (χ4v) is 1.98. The highest BCUT2D eigenvalue weighted by Crippen LogP contribution is 2.25. The summed E-state index contributed by atoms with van der Waals surface area (Å²) in [5.41, 5.74) is 4.13. The number of phenolic OH excluding ortho intramolecular Hbond substituents is 1. The molecule has 2 rings (SSSR count). The van der Waals surface area contributed by atoms with E-state index < -0.39 is 22.3 Å². The average Bonchev–Trinajstić information content (AvgIpc) is 2.57. The van der Waals surface area contributed by atoms with Crippen molar-refractivity contribution in [2.75, 3.05) is 6.61 Å². The number of nitro benzene ring substituents is 1. The van der Waals surface area contributed by atoms with Gasteiger partial charge in [0, 0.05) is 11.6 Å². The van der Waals surface area contributed by atoms with E-state index in [1.54, 1.807) is 0 Å². The summed E-state index contributed by atoms with van der Waals surface area (Å²) in [6.45, 7) is 3.59. The average molecular weight is 343 g/mol. The molecule has 0 unspecified atom stereocenters. The molecule has 0 spiro atoms. The lowest BCUT2D eigenvalue weighted by molar-refractivity contribution is -0.385. The van der Waals surface area contributed by atoms with Crippen molar-refractivity contribution in [3.8, 4) is 11.5 Å². The number of aromatic hydroxyl groups is 1. The summed E-state index contributed by atoms with van der Waals surface area (Å²) in [4.78, 5) is 21.8. The minimum absolute atomic E-state index is 0.211. The number of nitrogens with one attached hydrogen (secondary N) is 1. The molecule has 8 heteroatoms. The summed E-state index contributed by atoms with van der Waals surface area (Å²) in [6.07, 6.45) is 1.24. The number of ether oxygens (including phenoxy) is 1. The zero-order chi connectivity index (χ0) is 18.4. The first-order valence-corrected chi connectivity index (χ1v) is 7.36. The fourth-order valence-electron chi connectivity index (χ4n) is 1.98. The van der Waals surface area contributed by atoms with Crippen LogP contribution < -0.4 is 10.2 Å². The Kier molecular flexibility index (Phi) is 5.67.